The third-order valence-electron chi connectivity index (χ3n) is 3.54. The maximum atomic E-state index is 12.8. The maximum absolute atomic E-state index is 12.8. The molecule has 1 aromatic heterocycles. The molecule has 1 aromatic carbocycles. The van der Waals surface area contributed by atoms with Crippen molar-refractivity contribution in [3.05, 3.63) is 64.7 Å². The van der Waals surface area contributed by atoms with E-state index < -0.39 is 0 Å². The molecule has 0 saturated heterocycles. The summed E-state index contributed by atoms with van der Waals surface area (Å²) in [4.78, 5) is 4.08. The van der Waals surface area contributed by atoms with Crippen molar-refractivity contribution in [3.8, 4) is 0 Å². The summed E-state index contributed by atoms with van der Waals surface area (Å²) in [5.74, 6) is 0.281. The van der Waals surface area contributed by atoms with Crippen LogP contribution < -0.4 is 5.32 Å². The molecular formula is C18H25FN2. The van der Waals surface area contributed by atoms with Crippen LogP contribution in [0.1, 0.15) is 35.2 Å². The average molecular weight is 288 g/mol. The minimum absolute atomic E-state index is 0.155. The van der Waals surface area contributed by atoms with E-state index in [9.17, 15) is 4.39 Å². The Bertz CT molecular complexity index is 546. The van der Waals surface area contributed by atoms with Gasteiger partial charge in [0, 0.05) is 18.4 Å². The summed E-state index contributed by atoms with van der Waals surface area (Å²) < 4.78 is 12.8. The molecule has 1 N–H and O–H groups in total. The standard InChI is InChI=1S/C11H16FN.C7H9N/c1-8-6-10(12)4-5-11(8)9(2)7-13-3;1-6-4-3-5-8-7(6)2/h4-6,9,13H,7H2,1-3H3;3-5H,1-2H3/t9-;/m0./s1. The highest BCUT2D eigenvalue weighted by molar-refractivity contribution is 5.29. The van der Waals surface area contributed by atoms with Crippen molar-refractivity contribution in [3.63, 3.8) is 0 Å². The van der Waals surface area contributed by atoms with Gasteiger partial charge in [-0.2, -0.15) is 0 Å². The summed E-state index contributed by atoms with van der Waals surface area (Å²) in [6.07, 6.45) is 1.81. The molecule has 0 bridgehead atoms. The largest absolute Gasteiger partial charge is 0.319 e. The number of benzene rings is 1. The summed E-state index contributed by atoms with van der Waals surface area (Å²) in [5, 5.41) is 3.11. The lowest BCUT2D eigenvalue weighted by molar-refractivity contribution is 0.621. The molecule has 21 heavy (non-hydrogen) atoms. The second-order valence-corrected chi connectivity index (χ2v) is 5.37. The summed E-state index contributed by atoms with van der Waals surface area (Å²) in [7, 11) is 1.93. The van der Waals surface area contributed by atoms with E-state index >= 15 is 0 Å². The van der Waals surface area contributed by atoms with Crippen LogP contribution in [0, 0.1) is 26.6 Å². The van der Waals surface area contributed by atoms with E-state index in [1.54, 1.807) is 6.07 Å². The Hall–Kier alpha value is -1.74. The van der Waals surface area contributed by atoms with Crippen molar-refractivity contribution in [2.24, 2.45) is 0 Å². The van der Waals surface area contributed by atoms with Crippen LogP contribution in [0.25, 0.3) is 0 Å². The molecule has 0 spiro atoms. The average Bonchev–Trinajstić information content (AvgIpc) is 2.43. The van der Waals surface area contributed by atoms with Crippen molar-refractivity contribution < 1.29 is 4.39 Å². The first-order valence-corrected chi connectivity index (χ1v) is 7.24. The Balaban J connectivity index is 0.000000235. The van der Waals surface area contributed by atoms with E-state index in [-0.39, 0.29) is 5.82 Å². The van der Waals surface area contributed by atoms with Crippen molar-refractivity contribution >= 4 is 0 Å². The van der Waals surface area contributed by atoms with Gasteiger partial charge in [-0.05, 0) is 68.6 Å². The molecule has 1 atom stereocenters. The summed E-state index contributed by atoms with van der Waals surface area (Å²) in [5.41, 5.74) is 4.62. The number of nitrogens with one attached hydrogen (secondary N) is 1. The molecule has 0 aliphatic rings. The van der Waals surface area contributed by atoms with Gasteiger partial charge in [0.05, 0.1) is 0 Å². The molecule has 2 rings (SSSR count). The Kier molecular flexibility index (Phi) is 7.03. The van der Waals surface area contributed by atoms with Gasteiger partial charge in [0.25, 0.3) is 0 Å². The van der Waals surface area contributed by atoms with Gasteiger partial charge in [0.15, 0.2) is 0 Å². The van der Waals surface area contributed by atoms with E-state index in [0.717, 1.165) is 17.8 Å². The summed E-state index contributed by atoms with van der Waals surface area (Å²) >= 11 is 0. The number of pyridine rings is 1. The maximum Gasteiger partial charge on any atom is 0.123 e. The Morgan fingerprint density at radius 2 is 1.86 bits per heavy atom. The van der Waals surface area contributed by atoms with E-state index in [1.807, 2.05) is 39.2 Å². The van der Waals surface area contributed by atoms with Gasteiger partial charge in [0.2, 0.25) is 0 Å². The monoisotopic (exact) mass is 288 g/mol. The second kappa shape index (κ2) is 8.53. The third-order valence-corrected chi connectivity index (χ3v) is 3.54. The van der Waals surface area contributed by atoms with Gasteiger partial charge in [0.1, 0.15) is 5.82 Å². The number of halogens is 1. The zero-order valence-electron chi connectivity index (χ0n) is 13.6. The van der Waals surface area contributed by atoms with Crippen LogP contribution in [-0.2, 0) is 0 Å². The topological polar surface area (TPSA) is 24.9 Å². The third kappa shape index (κ3) is 5.64. The highest BCUT2D eigenvalue weighted by atomic mass is 19.1. The number of likely N-dealkylation sites (N-methyl/N-ethyl adjacent to an activating group) is 1. The lowest BCUT2D eigenvalue weighted by Gasteiger charge is -2.13. The zero-order chi connectivity index (χ0) is 15.8. The van der Waals surface area contributed by atoms with Crippen molar-refractivity contribution in [2.45, 2.75) is 33.6 Å². The van der Waals surface area contributed by atoms with E-state index in [4.69, 9.17) is 0 Å². The lowest BCUT2D eigenvalue weighted by Crippen LogP contribution is -2.15. The van der Waals surface area contributed by atoms with Gasteiger partial charge in [-0.1, -0.05) is 19.1 Å². The van der Waals surface area contributed by atoms with Gasteiger partial charge >= 0.3 is 0 Å². The fourth-order valence-corrected chi connectivity index (χ4v) is 2.17. The molecular weight excluding hydrogens is 263 g/mol. The first kappa shape index (κ1) is 17.3. The number of hydrogen-bond acceptors (Lipinski definition) is 2. The van der Waals surface area contributed by atoms with Gasteiger partial charge in [-0.3, -0.25) is 4.98 Å². The molecule has 2 aromatic rings. The zero-order valence-corrected chi connectivity index (χ0v) is 13.6. The minimum Gasteiger partial charge on any atom is -0.319 e. The van der Waals surface area contributed by atoms with E-state index in [0.29, 0.717) is 5.92 Å². The number of rotatable bonds is 3. The number of nitrogens with zero attached hydrogens (tertiary/aromatic N) is 1. The molecule has 3 heteroatoms. The van der Waals surface area contributed by atoms with Crippen molar-refractivity contribution in [1.82, 2.24) is 10.3 Å². The fourth-order valence-electron chi connectivity index (χ4n) is 2.17. The Labute approximate surface area is 127 Å². The van der Waals surface area contributed by atoms with Crippen LogP contribution in [0.15, 0.2) is 36.5 Å². The number of aromatic nitrogens is 1. The Morgan fingerprint density at radius 3 is 2.33 bits per heavy atom. The van der Waals surface area contributed by atoms with E-state index in [2.05, 4.69) is 30.2 Å². The predicted molar refractivity (Wildman–Crippen MR) is 87.2 cm³/mol. The molecule has 0 fully saturated rings. The molecule has 0 amide bonds. The lowest BCUT2D eigenvalue weighted by atomic mass is 9.96. The van der Waals surface area contributed by atoms with Crippen LogP contribution in [0.3, 0.4) is 0 Å². The molecule has 1 heterocycles. The minimum atomic E-state index is -0.155. The Morgan fingerprint density at radius 1 is 1.14 bits per heavy atom. The van der Waals surface area contributed by atoms with Crippen LogP contribution in [0.2, 0.25) is 0 Å². The van der Waals surface area contributed by atoms with E-state index in [1.165, 1.54) is 17.2 Å². The van der Waals surface area contributed by atoms with Gasteiger partial charge in [-0.15, -0.1) is 0 Å². The molecule has 0 unspecified atom stereocenters. The normalized spacial score (nSPS) is 11.5. The molecule has 114 valence electrons. The van der Waals surface area contributed by atoms with Crippen LogP contribution in [0.5, 0.6) is 0 Å². The first-order chi connectivity index (χ1) is 9.95. The molecule has 2 nitrogen and oxygen atoms in total. The number of hydrogen-bond donors (Lipinski definition) is 1. The van der Waals surface area contributed by atoms with Crippen LogP contribution in [0.4, 0.5) is 4.39 Å². The van der Waals surface area contributed by atoms with Crippen LogP contribution >= 0.6 is 0 Å². The second-order valence-electron chi connectivity index (χ2n) is 5.37. The summed E-state index contributed by atoms with van der Waals surface area (Å²) in [6, 6.07) is 8.98. The summed E-state index contributed by atoms with van der Waals surface area (Å²) in [6.45, 7) is 9.07. The molecule has 0 saturated carbocycles. The van der Waals surface area contributed by atoms with Gasteiger partial charge < -0.3 is 5.32 Å². The quantitative estimate of drug-likeness (QED) is 0.917. The number of aryl methyl sites for hydroxylation is 3. The highest BCUT2D eigenvalue weighted by Gasteiger charge is 2.07. The molecule has 0 aliphatic heterocycles. The fraction of sp³-hybridized carbons (Fsp3) is 0.389. The SMILES string of the molecule is CNC[C@H](C)c1ccc(F)cc1C.Cc1cccnc1C. The highest BCUT2D eigenvalue weighted by Crippen LogP contribution is 2.19. The molecule has 0 radical (unpaired) electrons. The predicted octanol–water partition coefficient (Wildman–Crippen LogP) is 4.16. The van der Waals surface area contributed by atoms with Crippen molar-refractivity contribution in [2.75, 3.05) is 13.6 Å². The van der Waals surface area contributed by atoms with Crippen molar-refractivity contribution in [1.29, 1.82) is 0 Å². The first-order valence-electron chi connectivity index (χ1n) is 7.24. The molecule has 0 aliphatic carbocycles. The van der Waals surface area contributed by atoms with Gasteiger partial charge in [-0.25, -0.2) is 4.39 Å². The smallest absolute Gasteiger partial charge is 0.123 e. The van der Waals surface area contributed by atoms with Crippen LogP contribution in [-0.4, -0.2) is 18.6 Å².